The molecule has 0 aliphatic heterocycles. The molecule has 0 fully saturated rings. The summed E-state index contributed by atoms with van der Waals surface area (Å²) in [4.78, 5) is 10.1. The number of nitrogens with zero attached hydrogens (tertiary/aromatic N) is 1. The molecule has 0 bridgehead atoms. The highest BCUT2D eigenvalue weighted by atomic mass is 16.6. The molecule has 0 spiro atoms. The second-order valence-electron chi connectivity index (χ2n) is 3.45. The third-order valence-corrected chi connectivity index (χ3v) is 2.33. The van der Waals surface area contributed by atoms with Crippen LogP contribution in [0.5, 0.6) is 11.5 Å². The van der Waals surface area contributed by atoms with Crippen LogP contribution in [0.25, 0.3) is 5.57 Å². The molecule has 0 saturated heterocycles. The molecular weight excluding hydrogens is 224 g/mol. The van der Waals surface area contributed by atoms with Crippen LogP contribution in [0, 0.1) is 10.1 Å². The molecule has 1 aromatic carbocycles. The summed E-state index contributed by atoms with van der Waals surface area (Å²) in [6, 6.07) is 2.76. The van der Waals surface area contributed by atoms with Crippen LogP contribution < -0.4 is 10.5 Å². The average Bonchev–Trinajstić information content (AvgIpc) is 2.29. The Kier molecular flexibility index (Phi) is 4.06. The van der Waals surface area contributed by atoms with Gasteiger partial charge in [-0.2, -0.15) is 0 Å². The predicted molar refractivity (Wildman–Crippen MR) is 64.0 cm³/mol. The van der Waals surface area contributed by atoms with Crippen molar-refractivity contribution in [1.82, 2.24) is 0 Å². The van der Waals surface area contributed by atoms with E-state index in [1.807, 2.05) is 0 Å². The van der Waals surface area contributed by atoms with E-state index in [2.05, 4.69) is 6.58 Å². The third-order valence-electron chi connectivity index (χ3n) is 2.33. The van der Waals surface area contributed by atoms with Crippen molar-refractivity contribution in [2.24, 2.45) is 5.73 Å². The van der Waals surface area contributed by atoms with E-state index in [1.165, 1.54) is 19.2 Å². The minimum absolute atomic E-state index is 0.0485. The molecule has 0 radical (unpaired) electrons. The zero-order chi connectivity index (χ0) is 13.0. The van der Waals surface area contributed by atoms with Crippen LogP contribution in [-0.2, 0) is 0 Å². The number of ether oxygens (including phenoxy) is 1. The number of aromatic hydroxyl groups is 1. The quantitative estimate of drug-likeness (QED) is 0.600. The van der Waals surface area contributed by atoms with E-state index in [0.29, 0.717) is 24.1 Å². The molecule has 0 amide bonds. The van der Waals surface area contributed by atoms with Crippen LogP contribution in [0.4, 0.5) is 5.69 Å². The van der Waals surface area contributed by atoms with Gasteiger partial charge in [-0.05, 0) is 30.2 Å². The fourth-order valence-corrected chi connectivity index (χ4v) is 1.41. The van der Waals surface area contributed by atoms with Gasteiger partial charge in [0.2, 0.25) is 5.75 Å². The number of benzene rings is 1. The van der Waals surface area contributed by atoms with Crippen molar-refractivity contribution in [3.8, 4) is 11.5 Å². The first-order chi connectivity index (χ1) is 8.01. The van der Waals surface area contributed by atoms with Gasteiger partial charge >= 0.3 is 5.69 Å². The number of methoxy groups -OCH3 is 1. The van der Waals surface area contributed by atoms with E-state index in [1.54, 1.807) is 0 Å². The van der Waals surface area contributed by atoms with Crippen LogP contribution in [0.15, 0.2) is 18.7 Å². The maximum Gasteiger partial charge on any atom is 0.315 e. The maximum absolute atomic E-state index is 10.8. The van der Waals surface area contributed by atoms with Gasteiger partial charge in [-0.25, -0.2) is 0 Å². The summed E-state index contributed by atoms with van der Waals surface area (Å²) in [5.41, 5.74) is 6.18. The predicted octanol–water partition coefficient (Wildman–Crippen LogP) is 1.67. The second kappa shape index (κ2) is 5.31. The summed E-state index contributed by atoms with van der Waals surface area (Å²) in [6.07, 6.45) is 0.519. The Morgan fingerprint density at radius 1 is 1.65 bits per heavy atom. The molecule has 0 aromatic heterocycles. The molecule has 6 nitrogen and oxygen atoms in total. The monoisotopic (exact) mass is 238 g/mol. The Morgan fingerprint density at radius 3 is 2.76 bits per heavy atom. The summed E-state index contributed by atoms with van der Waals surface area (Å²) in [6.45, 7) is 4.18. The lowest BCUT2D eigenvalue weighted by Crippen LogP contribution is -2.00. The fraction of sp³-hybridized carbons (Fsp3) is 0.273. The third kappa shape index (κ3) is 2.73. The molecule has 0 unspecified atom stereocenters. The van der Waals surface area contributed by atoms with Gasteiger partial charge in [0.15, 0.2) is 5.75 Å². The molecular formula is C11H14N2O4. The van der Waals surface area contributed by atoms with Crippen LogP contribution in [0.2, 0.25) is 0 Å². The molecule has 17 heavy (non-hydrogen) atoms. The molecule has 1 aromatic rings. The molecule has 1 rings (SSSR count). The summed E-state index contributed by atoms with van der Waals surface area (Å²) in [7, 11) is 1.33. The van der Waals surface area contributed by atoms with E-state index in [-0.39, 0.29) is 5.75 Å². The number of nitro groups is 1. The normalized spacial score (nSPS) is 10.0. The van der Waals surface area contributed by atoms with Gasteiger partial charge in [0.25, 0.3) is 0 Å². The van der Waals surface area contributed by atoms with Crippen molar-refractivity contribution in [3.05, 3.63) is 34.4 Å². The van der Waals surface area contributed by atoms with Gasteiger partial charge in [-0.15, -0.1) is 0 Å². The van der Waals surface area contributed by atoms with E-state index in [9.17, 15) is 15.2 Å². The smallest absolute Gasteiger partial charge is 0.315 e. The van der Waals surface area contributed by atoms with E-state index < -0.39 is 16.4 Å². The van der Waals surface area contributed by atoms with Crippen molar-refractivity contribution >= 4 is 11.3 Å². The highest BCUT2D eigenvalue weighted by Crippen LogP contribution is 2.38. The minimum atomic E-state index is -0.670. The Balaban J connectivity index is 3.29. The van der Waals surface area contributed by atoms with E-state index in [4.69, 9.17) is 10.5 Å². The average molecular weight is 238 g/mol. The summed E-state index contributed by atoms with van der Waals surface area (Å²) in [5, 5.41) is 20.3. The summed E-state index contributed by atoms with van der Waals surface area (Å²) in [5.74, 6) is -0.436. The Bertz CT molecular complexity index is 457. The van der Waals surface area contributed by atoms with Gasteiger partial charge in [-0.1, -0.05) is 6.58 Å². The minimum Gasteiger partial charge on any atom is -0.500 e. The van der Waals surface area contributed by atoms with Crippen molar-refractivity contribution in [2.45, 2.75) is 6.42 Å². The first-order valence-corrected chi connectivity index (χ1v) is 4.94. The molecule has 3 N–H and O–H groups in total. The van der Waals surface area contributed by atoms with Gasteiger partial charge in [0.05, 0.1) is 12.0 Å². The lowest BCUT2D eigenvalue weighted by molar-refractivity contribution is -0.386. The second-order valence-corrected chi connectivity index (χ2v) is 3.45. The van der Waals surface area contributed by atoms with Gasteiger partial charge < -0.3 is 15.6 Å². The van der Waals surface area contributed by atoms with Gasteiger partial charge in [0.1, 0.15) is 0 Å². The molecule has 0 aliphatic rings. The highest BCUT2D eigenvalue weighted by Gasteiger charge is 2.20. The maximum atomic E-state index is 10.8. The number of phenolic OH excluding ortho intramolecular Hbond substituents is 1. The first-order valence-electron chi connectivity index (χ1n) is 4.94. The summed E-state index contributed by atoms with van der Waals surface area (Å²) >= 11 is 0. The standard InChI is InChI=1S/C11H14N2O4/c1-7(3-4-12)8-5-9(13(15)16)11(14)10(6-8)17-2/h5-6,14H,1,3-4,12H2,2H3. The van der Waals surface area contributed by atoms with Crippen molar-refractivity contribution in [3.63, 3.8) is 0 Å². The van der Waals surface area contributed by atoms with Crippen LogP contribution in [-0.4, -0.2) is 23.7 Å². The molecule has 6 heteroatoms. The van der Waals surface area contributed by atoms with Crippen molar-refractivity contribution in [1.29, 1.82) is 0 Å². The molecule has 92 valence electrons. The van der Waals surface area contributed by atoms with Crippen LogP contribution in [0.1, 0.15) is 12.0 Å². The number of nitro benzene ring substituents is 1. The number of nitrogens with two attached hydrogens (primary N) is 1. The number of phenols is 1. The Hall–Kier alpha value is -2.08. The van der Waals surface area contributed by atoms with Crippen molar-refractivity contribution < 1.29 is 14.8 Å². The SMILES string of the molecule is C=C(CCN)c1cc(OC)c(O)c([N+](=O)[O-])c1. The zero-order valence-electron chi connectivity index (χ0n) is 9.47. The number of hydrogen-bond acceptors (Lipinski definition) is 5. The lowest BCUT2D eigenvalue weighted by Gasteiger charge is -2.09. The Morgan fingerprint density at radius 2 is 2.29 bits per heavy atom. The molecule has 0 saturated carbocycles. The lowest BCUT2D eigenvalue weighted by atomic mass is 10.0. The van der Waals surface area contributed by atoms with E-state index in [0.717, 1.165) is 0 Å². The molecule has 0 heterocycles. The van der Waals surface area contributed by atoms with E-state index >= 15 is 0 Å². The summed E-state index contributed by atoms with van der Waals surface area (Å²) < 4.78 is 4.88. The van der Waals surface area contributed by atoms with Gasteiger partial charge in [0, 0.05) is 6.07 Å². The first kappa shape index (κ1) is 13.0. The molecule has 0 atom stereocenters. The zero-order valence-corrected chi connectivity index (χ0v) is 9.47. The highest BCUT2D eigenvalue weighted by molar-refractivity contribution is 5.71. The number of rotatable bonds is 5. The Labute approximate surface area is 98.5 Å². The molecule has 0 aliphatic carbocycles. The number of hydrogen-bond donors (Lipinski definition) is 2. The van der Waals surface area contributed by atoms with Gasteiger partial charge in [-0.3, -0.25) is 10.1 Å². The topological polar surface area (TPSA) is 98.6 Å². The fourth-order valence-electron chi connectivity index (χ4n) is 1.41. The largest absolute Gasteiger partial charge is 0.500 e. The van der Waals surface area contributed by atoms with Crippen molar-refractivity contribution in [2.75, 3.05) is 13.7 Å². The van der Waals surface area contributed by atoms with Crippen LogP contribution in [0.3, 0.4) is 0 Å². The van der Waals surface area contributed by atoms with Crippen LogP contribution >= 0.6 is 0 Å².